The first-order chi connectivity index (χ1) is 12.1. The molecule has 3 aromatic heterocycles. The molecule has 0 spiro atoms. The number of hydrazone groups is 1. The molecule has 3 aromatic rings. The van der Waals surface area contributed by atoms with Crippen molar-refractivity contribution in [3.8, 4) is 10.6 Å². The molecule has 0 saturated heterocycles. The van der Waals surface area contributed by atoms with E-state index in [0.29, 0.717) is 0 Å². The lowest BCUT2D eigenvalue weighted by Crippen LogP contribution is -1.99. The van der Waals surface area contributed by atoms with Gasteiger partial charge in [0.15, 0.2) is 0 Å². The number of thiazole rings is 2. The Balaban J connectivity index is 1.83. The molecule has 3 rings (SSSR count). The minimum atomic E-state index is 0.803. The van der Waals surface area contributed by atoms with E-state index in [1.807, 2.05) is 38.4 Å². The topological polar surface area (TPSA) is 63.1 Å². The molecular formula is C18H21N5S2. The monoisotopic (exact) mass is 371 g/mol. The molecule has 0 fully saturated rings. The molecule has 0 aromatic carbocycles. The van der Waals surface area contributed by atoms with Crippen LogP contribution < -0.4 is 5.43 Å². The fourth-order valence-electron chi connectivity index (χ4n) is 2.45. The number of nitrogens with one attached hydrogen (secondary N) is 1. The van der Waals surface area contributed by atoms with Crippen LogP contribution >= 0.6 is 22.7 Å². The van der Waals surface area contributed by atoms with E-state index in [4.69, 9.17) is 4.98 Å². The maximum absolute atomic E-state index is 4.73. The first-order valence-corrected chi connectivity index (χ1v) is 9.92. The summed E-state index contributed by atoms with van der Waals surface area (Å²) in [5, 5.41) is 8.28. The number of pyridine rings is 1. The van der Waals surface area contributed by atoms with Crippen LogP contribution in [-0.4, -0.2) is 20.7 Å². The molecule has 3 heterocycles. The largest absolute Gasteiger partial charge is 0.261 e. The number of aryl methyl sites for hydroxylation is 3. The molecule has 0 amide bonds. The maximum atomic E-state index is 4.73. The minimum absolute atomic E-state index is 0.803. The van der Waals surface area contributed by atoms with Crippen LogP contribution in [0.15, 0.2) is 28.8 Å². The summed E-state index contributed by atoms with van der Waals surface area (Å²) in [5.41, 5.74) is 8.17. The van der Waals surface area contributed by atoms with Crippen LogP contribution in [0.25, 0.3) is 10.6 Å². The molecule has 7 heteroatoms. The summed E-state index contributed by atoms with van der Waals surface area (Å²) in [6.07, 6.45) is 3.94. The third-order valence-corrected chi connectivity index (χ3v) is 5.81. The highest BCUT2D eigenvalue weighted by Gasteiger charge is 2.13. The van der Waals surface area contributed by atoms with E-state index in [-0.39, 0.29) is 0 Å². The Morgan fingerprint density at radius 3 is 2.84 bits per heavy atom. The van der Waals surface area contributed by atoms with Gasteiger partial charge in [0.25, 0.3) is 0 Å². The van der Waals surface area contributed by atoms with E-state index in [1.54, 1.807) is 22.7 Å². The first kappa shape index (κ1) is 17.7. The van der Waals surface area contributed by atoms with Crippen molar-refractivity contribution in [1.82, 2.24) is 15.0 Å². The lowest BCUT2D eigenvalue weighted by atomic mass is 10.2. The Hall–Kier alpha value is -2.12. The molecular weight excluding hydrogens is 350 g/mol. The van der Waals surface area contributed by atoms with Crippen molar-refractivity contribution in [3.63, 3.8) is 0 Å². The van der Waals surface area contributed by atoms with Crippen molar-refractivity contribution in [3.05, 3.63) is 45.7 Å². The van der Waals surface area contributed by atoms with Crippen LogP contribution in [-0.2, 0) is 6.42 Å². The standard InChI is InChI=1S/C18H21N5S2/c1-5-6-15-9-14(7-8-19-15)17-21-12(3)16(25-17)13(4)22-23-18-20-11(2)10-24-18/h7-10H,5-6H2,1-4H3,(H,20,23)/b22-13-. The molecule has 0 unspecified atom stereocenters. The Labute approximate surface area is 155 Å². The van der Waals surface area contributed by atoms with Gasteiger partial charge in [-0.3, -0.25) is 10.4 Å². The normalized spacial score (nSPS) is 11.8. The average Bonchev–Trinajstić information content (AvgIpc) is 3.19. The minimum Gasteiger partial charge on any atom is -0.261 e. The molecule has 0 aliphatic heterocycles. The molecule has 0 saturated carbocycles. The van der Waals surface area contributed by atoms with Crippen molar-refractivity contribution in [2.75, 3.05) is 5.43 Å². The first-order valence-electron chi connectivity index (χ1n) is 8.22. The molecule has 0 aliphatic rings. The van der Waals surface area contributed by atoms with Crippen LogP contribution in [0.5, 0.6) is 0 Å². The second-order valence-corrected chi connectivity index (χ2v) is 7.68. The Kier molecular flexibility index (Phi) is 5.55. The van der Waals surface area contributed by atoms with Crippen molar-refractivity contribution in [1.29, 1.82) is 0 Å². The van der Waals surface area contributed by atoms with Gasteiger partial charge in [-0.25, -0.2) is 9.97 Å². The van der Waals surface area contributed by atoms with Gasteiger partial charge in [0.1, 0.15) is 5.01 Å². The van der Waals surface area contributed by atoms with Gasteiger partial charge in [-0.1, -0.05) is 13.3 Å². The molecule has 25 heavy (non-hydrogen) atoms. The summed E-state index contributed by atoms with van der Waals surface area (Å²) in [5.74, 6) is 0. The van der Waals surface area contributed by atoms with Crippen molar-refractivity contribution < 1.29 is 0 Å². The van der Waals surface area contributed by atoms with Crippen LogP contribution in [0, 0.1) is 13.8 Å². The second kappa shape index (κ2) is 7.84. The summed E-state index contributed by atoms with van der Waals surface area (Å²) in [6.45, 7) is 8.15. The van der Waals surface area contributed by atoms with Gasteiger partial charge in [0, 0.05) is 22.8 Å². The van der Waals surface area contributed by atoms with Crippen LogP contribution in [0.1, 0.15) is 42.2 Å². The van der Waals surface area contributed by atoms with E-state index in [1.165, 1.54) is 0 Å². The third-order valence-electron chi connectivity index (χ3n) is 3.63. The molecule has 0 bridgehead atoms. The van der Waals surface area contributed by atoms with E-state index >= 15 is 0 Å². The summed E-state index contributed by atoms with van der Waals surface area (Å²) in [7, 11) is 0. The smallest absolute Gasteiger partial charge is 0.203 e. The number of hydrogen-bond donors (Lipinski definition) is 1. The quantitative estimate of drug-likeness (QED) is 0.485. The van der Waals surface area contributed by atoms with Gasteiger partial charge >= 0.3 is 0 Å². The Morgan fingerprint density at radius 1 is 1.28 bits per heavy atom. The fraction of sp³-hybridized carbons (Fsp3) is 0.333. The zero-order valence-corrected chi connectivity index (χ0v) is 16.5. The fourth-order valence-corrected chi connectivity index (χ4v) is 4.08. The van der Waals surface area contributed by atoms with E-state index in [0.717, 1.165) is 56.2 Å². The highest BCUT2D eigenvalue weighted by atomic mass is 32.1. The lowest BCUT2D eigenvalue weighted by Gasteiger charge is -2.00. The van der Waals surface area contributed by atoms with Crippen LogP contribution in [0.3, 0.4) is 0 Å². The van der Waals surface area contributed by atoms with Gasteiger partial charge in [-0.15, -0.1) is 22.7 Å². The van der Waals surface area contributed by atoms with Crippen LogP contribution in [0.4, 0.5) is 5.13 Å². The third kappa shape index (κ3) is 4.29. The molecule has 5 nitrogen and oxygen atoms in total. The molecule has 130 valence electrons. The maximum Gasteiger partial charge on any atom is 0.203 e. The average molecular weight is 372 g/mol. The zero-order chi connectivity index (χ0) is 17.8. The molecule has 1 N–H and O–H groups in total. The van der Waals surface area contributed by atoms with Crippen LogP contribution in [0.2, 0.25) is 0 Å². The summed E-state index contributed by atoms with van der Waals surface area (Å²) in [4.78, 5) is 14.6. The number of nitrogens with zero attached hydrogens (tertiary/aromatic N) is 4. The zero-order valence-electron chi connectivity index (χ0n) is 14.8. The van der Waals surface area contributed by atoms with E-state index < -0.39 is 0 Å². The Morgan fingerprint density at radius 2 is 2.12 bits per heavy atom. The number of rotatable bonds is 6. The highest BCUT2D eigenvalue weighted by Crippen LogP contribution is 2.29. The second-order valence-electron chi connectivity index (χ2n) is 5.82. The lowest BCUT2D eigenvalue weighted by molar-refractivity contribution is 0.883. The van der Waals surface area contributed by atoms with Crippen molar-refractivity contribution in [2.45, 2.75) is 40.5 Å². The summed E-state index contributed by atoms with van der Waals surface area (Å²) < 4.78 is 0. The van der Waals surface area contributed by atoms with E-state index in [9.17, 15) is 0 Å². The SMILES string of the molecule is CCCc1cc(-c2nc(C)c(/C(C)=N\Nc3nc(C)cs3)s2)ccn1. The predicted octanol–water partition coefficient (Wildman–Crippen LogP) is 5.07. The molecule has 0 aliphatic carbocycles. The highest BCUT2D eigenvalue weighted by molar-refractivity contribution is 7.17. The van der Waals surface area contributed by atoms with Gasteiger partial charge in [-0.05, 0) is 39.3 Å². The van der Waals surface area contributed by atoms with Gasteiger partial charge < -0.3 is 0 Å². The predicted molar refractivity (Wildman–Crippen MR) is 107 cm³/mol. The van der Waals surface area contributed by atoms with Gasteiger partial charge in [0.2, 0.25) is 5.13 Å². The number of hydrogen-bond acceptors (Lipinski definition) is 7. The number of aromatic nitrogens is 3. The summed E-state index contributed by atoms with van der Waals surface area (Å²) in [6, 6.07) is 4.15. The van der Waals surface area contributed by atoms with Crippen molar-refractivity contribution >= 4 is 33.5 Å². The van der Waals surface area contributed by atoms with Gasteiger partial charge in [-0.2, -0.15) is 5.10 Å². The molecule has 0 radical (unpaired) electrons. The van der Waals surface area contributed by atoms with Crippen molar-refractivity contribution in [2.24, 2.45) is 5.10 Å². The molecule has 0 atom stereocenters. The van der Waals surface area contributed by atoms with Gasteiger partial charge in [0.05, 0.1) is 22.0 Å². The Bertz CT molecular complexity index is 895. The summed E-state index contributed by atoms with van der Waals surface area (Å²) >= 11 is 3.21. The van der Waals surface area contributed by atoms with E-state index in [2.05, 4.69) is 33.5 Å². The number of anilines is 1.